The van der Waals surface area contributed by atoms with Crippen molar-refractivity contribution in [2.45, 2.75) is 180 Å². The Morgan fingerprint density at radius 2 is 0.826 bits per heavy atom. The van der Waals surface area contributed by atoms with E-state index < -0.39 is 24.3 Å². The molecule has 2 unspecified atom stereocenters. The van der Waals surface area contributed by atoms with Gasteiger partial charge in [-0.2, -0.15) is 0 Å². The molecule has 1 N–H and O–H groups in total. The lowest BCUT2D eigenvalue weighted by molar-refractivity contribution is -0.870. The van der Waals surface area contributed by atoms with Crippen molar-refractivity contribution in [1.82, 2.24) is 0 Å². The second kappa shape index (κ2) is 49.8. The first-order valence-corrected chi connectivity index (χ1v) is 26.3. The van der Waals surface area contributed by atoms with Gasteiger partial charge < -0.3 is 28.5 Å². The molecule has 0 aromatic heterocycles. The minimum atomic E-state index is -1.52. The number of carbonyl (C=O) groups excluding carboxylic acids is 2. The highest BCUT2D eigenvalue weighted by Gasteiger charge is 2.25. The largest absolute Gasteiger partial charge is 0.477 e. The van der Waals surface area contributed by atoms with Crippen LogP contribution in [0.4, 0.5) is 0 Å². The van der Waals surface area contributed by atoms with Gasteiger partial charge in [-0.3, -0.25) is 9.59 Å². The van der Waals surface area contributed by atoms with Gasteiger partial charge >= 0.3 is 17.9 Å². The van der Waals surface area contributed by atoms with Crippen LogP contribution >= 0.6 is 0 Å². The third-order valence-electron chi connectivity index (χ3n) is 10.4. The predicted molar refractivity (Wildman–Crippen MR) is 290 cm³/mol. The number of carboxylic acid groups (broad SMARTS) is 1. The highest BCUT2D eigenvalue weighted by atomic mass is 16.7. The van der Waals surface area contributed by atoms with E-state index in [1.54, 1.807) is 0 Å². The smallest absolute Gasteiger partial charge is 0.361 e. The Labute approximate surface area is 420 Å². The number of quaternary nitrogens is 1. The summed E-state index contributed by atoms with van der Waals surface area (Å²) in [6, 6.07) is 0. The van der Waals surface area contributed by atoms with E-state index in [-0.39, 0.29) is 38.6 Å². The van der Waals surface area contributed by atoms with Crippen molar-refractivity contribution in [3.63, 3.8) is 0 Å². The zero-order chi connectivity index (χ0) is 50.6. The number of likely N-dealkylation sites (N-methyl/N-ethyl adjacent to an activating group) is 1. The van der Waals surface area contributed by atoms with E-state index in [1.165, 1.54) is 25.7 Å². The maximum atomic E-state index is 12.8. The maximum absolute atomic E-state index is 12.8. The van der Waals surface area contributed by atoms with Gasteiger partial charge in [0.25, 0.3) is 6.29 Å². The molecule has 0 amide bonds. The molecule has 0 bridgehead atoms. The zero-order valence-corrected chi connectivity index (χ0v) is 43.9. The van der Waals surface area contributed by atoms with Crippen molar-refractivity contribution >= 4 is 17.9 Å². The molecular formula is C60H96NO8+. The molecule has 69 heavy (non-hydrogen) atoms. The highest BCUT2D eigenvalue weighted by Crippen LogP contribution is 2.12. The Morgan fingerprint density at radius 1 is 0.449 bits per heavy atom. The molecule has 0 rings (SSSR count). The first-order chi connectivity index (χ1) is 33.6. The molecule has 0 saturated carbocycles. The van der Waals surface area contributed by atoms with Crippen LogP contribution < -0.4 is 0 Å². The summed E-state index contributed by atoms with van der Waals surface area (Å²) in [4.78, 5) is 37.0. The molecule has 0 spiro atoms. The van der Waals surface area contributed by atoms with Gasteiger partial charge in [-0.05, 0) is 96.3 Å². The maximum Gasteiger partial charge on any atom is 0.361 e. The average Bonchev–Trinajstić information content (AvgIpc) is 3.31. The van der Waals surface area contributed by atoms with Gasteiger partial charge in [-0.25, -0.2) is 4.79 Å². The van der Waals surface area contributed by atoms with Crippen LogP contribution in [-0.2, 0) is 33.3 Å². The van der Waals surface area contributed by atoms with Gasteiger partial charge in [0, 0.05) is 12.8 Å². The summed E-state index contributed by atoms with van der Waals surface area (Å²) in [5.74, 6) is -2.08. The molecule has 388 valence electrons. The van der Waals surface area contributed by atoms with Gasteiger partial charge in [-0.1, -0.05) is 192 Å². The Balaban J connectivity index is 4.22. The quantitative estimate of drug-likeness (QED) is 0.0211. The van der Waals surface area contributed by atoms with Crippen LogP contribution in [0.15, 0.2) is 134 Å². The van der Waals surface area contributed by atoms with Gasteiger partial charge in [0.15, 0.2) is 6.10 Å². The number of carboxylic acids is 1. The fourth-order valence-corrected chi connectivity index (χ4v) is 6.37. The Hall–Kier alpha value is -4.57. The van der Waals surface area contributed by atoms with E-state index in [0.717, 1.165) is 109 Å². The number of rotatable bonds is 46. The normalized spacial score (nSPS) is 13.9. The Bertz CT molecular complexity index is 1590. The number of carbonyl (C=O) groups is 3. The van der Waals surface area contributed by atoms with Gasteiger partial charge in [0.05, 0.1) is 34.4 Å². The van der Waals surface area contributed by atoms with Crippen molar-refractivity contribution in [2.75, 3.05) is 47.5 Å². The SMILES string of the molecule is CC/C=C\C/C=C\C/C=C\C/C=C\C/C=C\C/C=C\C/C=C\C/C=C\C/C=C\C/C=C\C/C=C\CCCCCC(=O)OC(COC(=O)CCCCCCCCC)COC(OCC[N+](C)(C)C)C(=O)O. The number of ether oxygens (including phenoxy) is 4. The minimum absolute atomic E-state index is 0.174. The topological polar surface area (TPSA) is 108 Å². The van der Waals surface area contributed by atoms with Crippen LogP contribution in [0.1, 0.15) is 168 Å². The third kappa shape index (κ3) is 51.1. The summed E-state index contributed by atoms with van der Waals surface area (Å²) in [6.07, 6.45) is 68.5. The van der Waals surface area contributed by atoms with E-state index in [4.69, 9.17) is 18.9 Å². The van der Waals surface area contributed by atoms with Crippen LogP contribution in [0.3, 0.4) is 0 Å². The molecule has 0 aliphatic carbocycles. The summed E-state index contributed by atoms with van der Waals surface area (Å²) < 4.78 is 22.6. The summed E-state index contributed by atoms with van der Waals surface area (Å²) >= 11 is 0. The van der Waals surface area contributed by atoms with Crippen LogP contribution in [0.2, 0.25) is 0 Å². The Kier molecular flexibility index (Phi) is 46.5. The average molecular weight is 959 g/mol. The number of hydrogen-bond donors (Lipinski definition) is 1. The Morgan fingerprint density at radius 3 is 1.23 bits per heavy atom. The van der Waals surface area contributed by atoms with Crippen molar-refractivity contribution in [3.8, 4) is 0 Å². The molecule has 2 atom stereocenters. The lowest BCUT2D eigenvalue weighted by Crippen LogP contribution is -2.40. The van der Waals surface area contributed by atoms with Crippen LogP contribution in [0.25, 0.3) is 0 Å². The molecule has 9 heteroatoms. The lowest BCUT2D eigenvalue weighted by atomic mass is 10.1. The predicted octanol–water partition coefficient (Wildman–Crippen LogP) is 15.1. The summed E-state index contributed by atoms with van der Waals surface area (Å²) in [6.45, 7) is 4.63. The molecule has 0 saturated heterocycles. The zero-order valence-electron chi connectivity index (χ0n) is 43.9. The summed E-state index contributed by atoms with van der Waals surface area (Å²) in [5, 5.41) is 9.62. The third-order valence-corrected chi connectivity index (χ3v) is 10.4. The summed E-state index contributed by atoms with van der Waals surface area (Å²) in [5.41, 5.74) is 0. The van der Waals surface area contributed by atoms with E-state index in [0.29, 0.717) is 17.4 Å². The second-order valence-electron chi connectivity index (χ2n) is 18.1. The van der Waals surface area contributed by atoms with Crippen molar-refractivity contribution in [1.29, 1.82) is 0 Å². The minimum Gasteiger partial charge on any atom is -0.477 e. The van der Waals surface area contributed by atoms with E-state index in [9.17, 15) is 19.5 Å². The first-order valence-electron chi connectivity index (χ1n) is 26.3. The number of allylic oxidation sites excluding steroid dienone is 22. The molecule has 0 aliphatic rings. The number of aliphatic carboxylic acids is 1. The second-order valence-corrected chi connectivity index (χ2v) is 18.1. The number of unbranched alkanes of at least 4 members (excludes halogenated alkanes) is 9. The van der Waals surface area contributed by atoms with Gasteiger partial charge in [-0.15, -0.1) is 0 Å². The van der Waals surface area contributed by atoms with E-state index in [1.807, 2.05) is 21.1 Å². The molecule has 0 heterocycles. The lowest BCUT2D eigenvalue weighted by Gasteiger charge is -2.25. The fourth-order valence-electron chi connectivity index (χ4n) is 6.37. The van der Waals surface area contributed by atoms with Gasteiger partial charge in [0.1, 0.15) is 13.2 Å². The van der Waals surface area contributed by atoms with Crippen molar-refractivity contribution < 1.29 is 42.9 Å². The summed E-state index contributed by atoms with van der Waals surface area (Å²) in [7, 11) is 5.93. The van der Waals surface area contributed by atoms with Crippen LogP contribution in [-0.4, -0.2) is 87.4 Å². The molecule has 0 fully saturated rings. The molecule has 0 aromatic carbocycles. The van der Waals surface area contributed by atoms with Crippen LogP contribution in [0, 0.1) is 0 Å². The van der Waals surface area contributed by atoms with E-state index >= 15 is 0 Å². The van der Waals surface area contributed by atoms with E-state index in [2.05, 4.69) is 148 Å². The molecule has 9 nitrogen and oxygen atoms in total. The number of nitrogens with zero attached hydrogens (tertiary/aromatic N) is 1. The van der Waals surface area contributed by atoms with Crippen molar-refractivity contribution in [2.24, 2.45) is 0 Å². The molecule has 0 aliphatic heterocycles. The standard InChI is InChI=1S/C60H95NO8/c1-6-8-10-12-14-15-16-17-18-19-20-21-22-23-24-25-26-27-28-29-30-31-32-33-34-35-36-37-38-39-40-41-42-43-45-47-49-51-58(63)69-56(54-67-57(62)50-48-46-44-13-11-9-7-2)55-68-60(59(64)65)66-53-52-61(3,4)5/h8,10,14-15,17-18,20-21,23-24,26-27,29-30,32-33,35-36,38-39,41-42,56,60H,6-7,9,11-13,16,19,22,25,28,31,34,37,40,43-55H2,1-5H3/p+1/b10-8-,15-14-,18-17-,21-20-,24-23-,27-26-,30-29-,33-32-,36-35-,39-38-,42-41-. The molecule has 0 aromatic rings. The van der Waals surface area contributed by atoms with Crippen molar-refractivity contribution in [3.05, 3.63) is 134 Å². The van der Waals surface area contributed by atoms with Crippen LogP contribution in [0.5, 0.6) is 0 Å². The first kappa shape index (κ1) is 64.4. The molecular weight excluding hydrogens is 863 g/mol. The number of esters is 2. The highest BCUT2D eigenvalue weighted by molar-refractivity contribution is 5.71. The fraction of sp³-hybridized carbons (Fsp3) is 0.583. The number of hydrogen-bond acceptors (Lipinski definition) is 7. The molecule has 0 radical (unpaired) electrons. The van der Waals surface area contributed by atoms with Gasteiger partial charge in [0.2, 0.25) is 0 Å². The monoisotopic (exact) mass is 959 g/mol.